The fraction of sp³-hybridized carbons (Fsp3) is 0.333. The van der Waals surface area contributed by atoms with E-state index in [-0.39, 0.29) is 0 Å². The Kier molecular flexibility index (Phi) is 5.33. The molecule has 0 saturated carbocycles. The summed E-state index contributed by atoms with van der Waals surface area (Å²) in [4.78, 5) is 6.98. The lowest BCUT2D eigenvalue weighted by atomic mass is 10.2. The molecule has 0 unspecified atom stereocenters. The van der Waals surface area contributed by atoms with Crippen LogP contribution in [-0.2, 0) is 13.1 Å². The van der Waals surface area contributed by atoms with Crippen molar-refractivity contribution in [3.05, 3.63) is 59.2 Å². The number of aromatic nitrogens is 3. The number of halogens is 1. The van der Waals surface area contributed by atoms with Crippen molar-refractivity contribution in [1.29, 1.82) is 0 Å². The van der Waals surface area contributed by atoms with Crippen LogP contribution < -0.4 is 0 Å². The molecule has 3 rings (SSSR count). The van der Waals surface area contributed by atoms with Gasteiger partial charge in [0.25, 0.3) is 0 Å². The SMILES string of the molecule is CCN(CCn1cccn1)Cc1nc(-c2ccccc2Cl)oc1C. The van der Waals surface area contributed by atoms with Crippen LogP contribution in [0.2, 0.25) is 5.02 Å². The highest BCUT2D eigenvalue weighted by atomic mass is 35.5. The van der Waals surface area contributed by atoms with Gasteiger partial charge in [0.05, 0.1) is 22.8 Å². The number of hydrogen-bond donors (Lipinski definition) is 0. The van der Waals surface area contributed by atoms with Crippen molar-refractivity contribution >= 4 is 11.6 Å². The zero-order chi connectivity index (χ0) is 16.9. The summed E-state index contributed by atoms with van der Waals surface area (Å²) in [5.74, 6) is 1.42. The van der Waals surface area contributed by atoms with Gasteiger partial charge in [0.1, 0.15) is 5.76 Å². The van der Waals surface area contributed by atoms with Gasteiger partial charge in [0, 0.05) is 25.5 Å². The molecular formula is C18H21ClN4O. The summed E-state index contributed by atoms with van der Waals surface area (Å²) in [6, 6.07) is 9.54. The minimum Gasteiger partial charge on any atom is -0.441 e. The van der Waals surface area contributed by atoms with Crippen molar-refractivity contribution in [2.24, 2.45) is 0 Å². The first kappa shape index (κ1) is 16.7. The van der Waals surface area contributed by atoms with Gasteiger partial charge in [0.2, 0.25) is 5.89 Å². The molecule has 24 heavy (non-hydrogen) atoms. The maximum absolute atomic E-state index is 6.24. The Balaban J connectivity index is 1.71. The highest BCUT2D eigenvalue weighted by molar-refractivity contribution is 6.33. The molecule has 0 bridgehead atoms. The van der Waals surface area contributed by atoms with Crippen LogP contribution in [0, 0.1) is 6.92 Å². The molecule has 0 aliphatic rings. The molecule has 2 aromatic heterocycles. The third-order valence-corrected chi connectivity index (χ3v) is 4.35. The molecule has 6 heteroatoms. The van der Waals surface area contributed by atoms with Crippen LogP contribution in [0.25, 0.3) is 11.5 Å². The van der Waals surface area contributed by atoms with Gasteiger partial charge in [-0.15, -0.1) is 0 Å². The lowest BCUT2D eigenvalue weighted by molar-refractivity contribution is 0.259. The maximum atomic E-state index is 6.24. The summed E-state index contributed by atoms with van der Waals surface area (Å²) in [6.45, 7) is 7.55. The summed E-state index contributed by atoms with van der Waals surface area (Å²) in [5.41, 5.74) is 1.78. The summed E-state index contributed by atoms with van der Waals surface area (Å²) in [6.07, 6.45) is 3.78. The van der Waals surface area contributed by atoms with E-state index in [1.165, 1.54) is 0 Å². The average Bonchev–Trinajstić information content (AvgIpc) is 3.22. The third-order valence-electron chi connectivity index (χ3n) is 4.02. The molecule has 0 atom stereocenters. The van der Waals surface area contributed by atoms with Crippen molar-refractivity contribution < 1.29 is 4.42 Å². The number of hydrogen-bond acceptors (Lipinski definition) is 4. The molecule has 1 aromatic carbocycles. The predicted molar refractivity (Wildman–Crippen MR) is 94.9 cm³/mol. The Hall–Kier alpha value is -2.11. The minimum absolute atomic E-state index is 0.580. The van der Waals surface area contributed by atoms with E-state index in [4.69, 9.17) is 16.0 Å². The first-order valence-electron chi connectivity index (χ1n) is 8.08. The minimum atomic E-state index is 0.580. The van der Waals surface area contributed by atoms with E-state index in [2.05, 4.69) is 21.9 Å². The predicted octanol–water partition coefficient (Wildman–Crippen LogP) is 4.02. The van der Waals surface area contributed by atoms with Crippen LogP contribution in [0.15, 0.2) is 47.1 Å². The van der Waals surface area contributed by atoms with E-state index in [9.17, 15) is 0 Å². The normalized spacial score (nSPS) is 11.3. The lowest BCUT2D eigenvalue weighted by Crippen LogP contribution is -2.27. The Labute approximate surface area is 146 Å². The molecule has 0 radical (unpaired) electrons. The molecule has 3 aromatic rings. The molecule has 0 aliphatic heterocycles. The zero-order valence-corrected chi connectivity index (χ0v) is 14.7. The first-order valence-corrected chi connectivity index (χ1v) is 8.46. The van der Waals surface area contributed by atoms with E-state index in [0.29, 0.717) is 10.9 Å². The van der Waals surface area contributed by atoms with Gasteiger partial charge in [-0.1, -0.05) is 30.7 Å². The average molecular weight is 345 g/mol. The second kappa shape index (κ2) is 7.64. The molecule has 5 nitrogen and oxygen atoms in total. The van der Waals surface area contributed by atoms with E-state index in [1.54, 1.807) is 6.20 Å². The molecule has 0 N–H and O–H groups in total. The fourth-order valence-electron chi connectivity index (χ4n) is 2.56. The summed E-state index contributed by atoms with van der Waals surface area (Å²) in [7, 11) is 0. The number of aryl methyl sites for hydroxylation is 1. The number of likely N-dealkylation sites (N-methyl/N-ethyl adjacent to an activating group) is 1. The lowest BCUT2D eigenvalue weighted by Gasteiger charge is -2.19. The Morgan fingerprint density at radius 3 is 2.79 bits per heavy atom. The van der Waals surface area contributed by atoms with E-state index in [0.717, 1.165) is 43.2 Å². The Morgan fingerprint density at radius 2 is 2.08 bits per heavy atom. The number of rotatable bonds is 7. The molecule has 0 fully saturated rings. The van der Waals surface area contributed by atoms with Crippen molar-refractivity contribution in [3.8, 4) is 11.5 Å². The van der Waals surface area contributed by atoms with Gasteiger partial charge in [-0.05, 0) is 31.7 Å². The highest BCUT2D eigenvalue weighted by Gasteiger charge is 2.15. The Bertz CT molecular complexity index is 782. The van der Waals surface area contributed by atoms with Gasteiger partial charge in [0.15, 0.2) is 0 Å². The van der Waals surface area contributed by atoms with Gasteiger partial charge < -0.3 is 4.42 Å². The Morgan fingerprint density at radius 1 is 1.25 bits per heavy atom. The summed E-state index contributed by atoms with van der Waals surface area (Å²) >= 11 is 6.24. The molecule has 0 aliphatic carbocycles. The molecule has 2 heterocycles. The molecule has 0 amide bonds. The van der Waals surface area contributed by atoms with Crippen molar-refractivity contribution in [2.45, 2.75) is 26.9 Å². The van der Waals surface area contributed by atoms with Gasteiger partial charge in [-0.2, -0.15) is 5.10 Å². The number of benzene rings is 1. The van der Waals surface area contributed by atoms with Gasteiger partial charge >= 0.3 is 0 Å². The second-order valence-electron chi connectivity index (χ2n) is 5.64. The van der Waals surface area contributed by atoms with Crippen LogP contribution in [0.3, 0.4) is 0 Å². The second-order valence-corrected chi connectivity index (χ2v) is 6.05. The van der Waals surface area contributed by atoms with Crippen LogP contribution >= 0.6 is 11.6 Å². The monoisotopic (exact) mass is 344 g/mol. The third kappa shape index (κ3) is 3.86. The standard InChI is InChI=1S/C18H21ClN4O/c1-3-22(11-12-23-10-6-9-20-23)13-17-14(2)24-18(21-17)15-7-4-5-8-16(15)19/h4-10H,3,11-13H2,1-2H3. The van der Waals surface area contributed by atoms with Crippen LogP contribution in [0.4, 0.5) is 0 Å². The van der Waals surface area contributed by atoms with Gasteiger partial charge in [-0.25, -0.2) is 4.98 Å². The van der Waals surface area contributed by atoms with Crippen LogP contribution in [0.5, 0.6) is 0 Å². The summed E-state index contributed by atoms with van der Waals surface area (Å²) < 4.78 is 7.78. The van der Waals surface area contributed by atoms with Crippen LogP contribution in [-0.4, -0.2) is 32.8 Å². The highest BCUT2D eigenvalue weighted by Crippen LogP contribution is 2.28. The number of oxazole rings is 1. The van der Waals surface area contributed by atoms with Crippen molar-refractivity contribution in [3.63, 3.8) is 0 Å². The van der Waals surface area contributed by atoms with Crippen LogP contribution in [0.1, 0.15) is 18.4 Å². The first-order chi connectivity index (χ1) is 11.7. The van der Waals surface area contributed by atoms with E-state index < -0.39 is 0 Å². The van der Waals surface area contributed by atoms with Gasteiger partial charge in [-0.3, -0.25) is 9.58 Å². The zero-order valence-electron chi connectivity index (χ0n) is 13.9. The molecular weight excluding hydrogens is 324 g/mol. The van der Waals surface area contributed by atoms with Crippen molar-refractivity contribution in [1.82, 2.24) is 19.7 Å². The topological polar surface area (TPSA) is 47.1 Å². The maximum Gasteiger partial charge on any atom is 0.228 e. The van der Waals surface area contributed by atoms with E-state index >= 15 is 0 Å². The molecule has 0 spiro atoms. The largest absolute Gasteiger partial charge is 0.441 e. The fourth-order valence-corrected chi connectivity index (χ4v) is 2.78. The smallest absolute Gasteiger partial charge is 0.228 e. The summed E-state index contributed by atoms with van der Waals surface area (Å²) in [5, 5.41) is 4.89. The number of nitrogens with zero attached hydrogens (tertiary/aromatic N) is 4. The van der Waals surface area contributed by atoms with E-state index in [1.807, 2.05) is 48.1 Å². The van der Waals surface area contributed by atoms with Crippen molar-refractivity contribution in [2.75, 3.05) is 13.1 Å². The molecule has 126 valence electrons. The molecule has 0 saturated heterocycles. The quantitative estimate of drug-likeness (QED) is 0.649.